The topological polar surface area (TPSA) is 149 Å². The molecule has 0 amide bonds. The van der Waals surface area contributed by atoms with Crippen LogP contribution < -0.4 is 0 Å². The lowest BCUT2D eigenvalue weighted by Crippen LogP contribution is -2.37. The largest absolute Gasteiger partial charge is 0.463 e. The van der Waals surface area contributed by atoms with Gasteiger partial charge in [0.1, 0.15) is 32.0 Å². The SMILES string of the molecule is C=CC(=O)OCC(O)COC(=O)C1CCCCC1C(=O)OCC(O)COC(O)C=C. The van der Waals surface area contributed by atoms with Gasteiger partial charge < -0.3 is 34.3 Å². The monoisotopic (exact) mass is 430 g/mol. The third kappa shape index (κ3) is 9.49. The van der Waals surface area contributed by atoms with E-state index in [1.807, 2.05) is 0 Å². The van der Waals surface area contributed by atoms with E-state index < -0.39 is 48.2 Å². The van der Waals surface area contributed by atoms with Crippen LogP contribution in [0.4, 0.5) is 0 Å². The highest BCUT2D eigenvalue weighted by molar-refractivity contribution is 5.82. The third-order valence-electron chi connectivity index (χ3n) is 4.45. The first-order valence-electron chi connectivity index (χ1n) is 9.69. The standard InChI is InChI=1S/C20H30O10/c1-3-17(23)27-9-13(21)11-29-19(25)15-7-5-6-8-16(15)20(26)30-12-14(22)10-28-18(24)4-2/h3-4,13-17,21-23H,1-2,5-12H2. The van der Waals surface area contributed by atoms with Gasteiger partial charge in [-0.05, 0) is 18.9 Å². The van der Waals surface area contributed by atoms with Gasteiger partial charge in [-0.3, -0.25) is 9.59 Å². The third-order valence-corrected chi connectivity index (χ3v) is 4.45. The van der Waals surface area contributed by atoms with Gasteiger partial charge >= 0.3 is 17.9 Å². The molecule has 1 saturated carbocycles. The Balaban J connectivity index is 2.47. The summed E-state index contributed by atoms with van der Waals surface area (Å²) in [6.07, 6.45) is 0.832. The second-order valence-corrected chi connectivity index (χ2v) is 6.86. The van der Waals surface area contributed by atoms with Crippen LogP contribution in [-0.2, 0) is 33.3 Å². The van der Waals surface area contributed by atoms with Gasteiger partial charge in [0.15, 0.2) is 6.29 Å². The minimum atomic E-state index is -1.23. The Kier molecular flexibility index (Phi) is 11.9. The van der Waals surface area contributed by atoms with E-state index in [9.17, 15) is 29.7 Å². The molecular weight excluding hydrogens is 400 g/mol. The number of rotatable bonds is 13. The van der Waals surface area contributed by atoms with Gasteiger partial charge in [0.05, 0.1) is 18.4 Å². The molecule has 30 heavy (non-hydrogen) atoms. The lowest BCUT2D eigenvalue weighted by Gasteiger charge is -2.28. The van der Waals surface area contributed by atoms with E-state index in [2.05, 4.69) is 17.9 Å². The molecule has 0 aromatic rings. The van der Waals surface area contributed by atoms with Gasteiger partial charge in [-0.1, -0.05) is 26.0 Å². The Morgan fingerprint density at radius 1 is 0.833 bits per heavy atom. The van der Waals surface area contributed by atoms with E-state index in [-0.39, 0.29) is 26.4 Å². The van der Waals surface area contributed by atoms with Gasteiger partial charge in [0.2, 0.25) is 0 Å². The number of carbonyl (C=O) groups excluding carboxylic acids is 3. The molecule has 5 unspecified atom stereocenters. The number of ether oxygens (including phenoxy) is 4. The Labute approximate surface area is 175 Å². The molecule has 0 spiro atoms. The summed E-state index contributed by atoms with van der Waals surface area (Å²) in [5.41, 5.74) is 0. The molecule has 1 rings (SSSR count). The highest BCUT2D eigenvalue weighted by Crippen LogP contribution is 2.32. The van der Waals surface area contributed by atoms with Crippen LogP contribution in [0.15, 0.2) is 25.3 Å². The summed E-state index contributed by atoms with van der Waals surface area (Å²) in [5, 5.41) is 28.7. The van der Waals surface area contributed by atoms with Gasteiger partial charge in [0, 0.05) is 6.08 Å². The van der Waals surface area contributed by atoms with Crippen LogP contribution in [0.5, 0.6) is 0 Å². The van der Waals surface area contributed by atoms with Crippen LogP contribution >= 0.6 is 0 Å². The van der Waals surface area contributed by atoms with E-state index in [4.69, 9.17) is 14.2 Å². The Bertz CT molecular complexity index is 590. The molecule has 0 bridgehead atoms. The normalized spacial score (nSPS) is 21.6. The van der Waals surface area contributed by atoms with Crippen molar-refractivity contribution in [2.24, 2.45) is 11.8 Å². The molecule has 0 aromatic carbocycles. The highest BCUT2D eigenvalue weighted by Gasteiger charge is 2.38. The predicted molar refractivity (Wildman–Crippen MR) is 103 cm³/mol. The Morgan fingerprint density at radius 3 is 1.77 bits per heavy atom. The molecule has 0 saturated heterocycles. The molecule has 0 aliphatic heterocycles. The van der Waals surface area contributed by atoms with Gasteiger partial charge in [-0.2, -0.15) is 0 Å². The first-order valence-corrected chi connectivity index (χ1v) is 9.69. The predicted octanol–water partition coefficient (Wildman–Crippen LogP) is -0.149. The van der Waals surface area contributed by atoms with E-state index in [1.54, 1.807) is 0 Å². The molecule has 10 nitrogen and oxygen atoms in total. The molecule has 0 aromatic heterocycles. The number of carbonyl (C=O) groups is 3. The maximum atomic E-state index is 12.4. The van der Waals surface area contributed by atoms with Crippen LogP contribution in [-0.4, -0.2) is 78.2 Å². The van der Waals surface area contributed by atoms with Crippen molar-refractivity contribution in [2.45, 2.75) is 44.2 Å². The van der Waals surface area contributed by atoms with Crippen LogP contribution in [0, 0.1) is 11.8 Å². The molecule has 3 N–H and O–H groups in total. The summed E-state index contributed by atoms with van der Waals surface area (Å²) >= 11 is 0. The number of aliphatic hydroxyl groups excluding tert-OH is 3. The molecule has 170 valence electrons. The quantitative estimate of drug-likeness (QED) is 0.118. The molecule has 5 atom stereocenters. The lowest BCUT2D eigenvalue weighted by atomic mass is 9.79. The second kappa shape index (κ2) is 13.9. The fraction of sp³-hybridized carbons (Fsp3) is 0.650. The maximum Gasteiger partial charge on any atom is 0.330 e. The van der Waals surface area contributed by atoms with Crippen LogP contribution in [0.3, 0.4) is 0 Å². The summed E-state index contributed by atoms with van der Waals surface area (Å²) in [5.74, 6) is -3.45. The van der Waals surface area contributed by atoms with E-state index in [1.165, 1.54) is 0 Å². The molecule has 0 radical (unpaired) electrons. The summed E-state index contributed by atoms with van der Waals surface area (Å²) in [4.78, 5) is 35.8. The van der Waals surface area contributed by atoms with Crippen molar-refractivity contribution < 1.29 is 48.7 Å². The average molecular weight is 430 g/mol. The molecule has 1 fully saturated rings. The van der Waals surface area contributed by atoms with Gasteiger partial charge in [-0.25, -0.2) is 4.79 Å². The zero-order chi connectivity index (χ0) is 22.5. The number of hydrogen-bond acceptors (Lipinski definition) is 10. The van der Waals surface area contributed by atoms with Crippen molar-refractivity contribution in [1.29, 1.82) is 0 Å². The molecule has 1 aliphatic rings. The maximum absolute atomic E-state index is 12.4. The van der Waals surface area contributed by atoms with Gasteiger partial charge in [0.25, 0.3) is 0 Å². The van der Waals surface area contributed by atoms with Crippen molar-refractivity contribution in [1.82, 2.24) is 0 Å². The average Bonchev–Trinajstić information content (AvgIpc) is 2.77. The zero-order valence-corrected chi connectivity index (χ0v) is 16.8. The first kappa shape index (κ1) is 25.8. The van der Waals surface area contributed by atoms with Crippen molar-refractivity contribution in [3.63, 3.8) is 0 Å². The molecular formula is C20H30O10. The van der Waals surface area contributed by atoms with Gasteiger partial charge in [-0.15, -0.1) is 0 Å². The van der Waals surface area contributed by atoms with Crippen molar-refractivity contribution in [3.05, 3.63) is 25.3 Å². The summed E-state index contributed by atoms with van der Waals surface area (Å²) in [7, 11) is 0. The summed E-state index contributed by atoms with van der Waals surface area (Å²) in [6.45, 7) is 5.19. The molecule has 10 heteroatoms. The van der Waals surface area contributed by atoms with E-state index in [0.29, 0.717) is 12.8 Å². The Morgan fingerprint density at radius 2 is 1.30 bits per heavy atom. The minimum Gasteiger partial charge on any atom is -0.463 e. The van der Waals surface area contributed by atoms with Crippen LogP contribution in [0.1, 0.15) is 25.7 Å². The van der Waals surface area contributed by atoms with E-state index in [0.717, 1.165) is 25.0 Å². The fourth-order valence-electron chi connectivity index (χ4n) is 2.88. The first-order chi connectivity index (χ1) is 14.3. The van der Waals surface area contributed by atoms with Crippen molar-refractivity contribution in [2.75, 3.05) is 26.4 Å². The number of hydrogen-bond donors (Lipinski definition) is 3. The smallest absolute Gasteiger partial charge is 0.330 e. The Hall–Kier alpha value is -2.27. The van der Waals surface area contributed by atoms with Crippen LogP contribution in [0.2, 0.25) is 0 Å². The second-order valence-electron chi connectivity index (χ2n) is 6.86. The zero-order valence-electron chi connectivity index (χ0n) is 16.8. The summed E-state index contributed by atoms with van der Waals surface area (Å²) < 4.78 is 19.7. The fourth-order valence-corrected chi connectivity index (χ4v) is 2.88. The highest BCUT2D eigenvalue weighted by atomic mass is 16.6. The number of aliphatic hydroxyl groups is 3. The molecule has 0 heterocycles. The number of esters is 3. The van der Waals surface area contributed by atoms with Crippen LogP contribution in [0.25, 0.3) is 0 Å². The molecule has 1 aliphatic carbocycles. The van der Waals surface area contributed by atoms with Crippen molar-refractivity contribution >= 4 is 17.9 Å². The lowest BCUT2D eigenvalue weighted by molar-refractivity contribution is -0.168. The van der Waals surface area contributed by atoms with Crippen molar-refractivity contribution in [3.8, 4) is 0 Å². The van der Waals surface area contributed by atoms with E-state index >= 15 is 0 Å². The summed E-state index contributed by atoms with van der Waals surface area (Å²) in [6, 6.07) is 0. The minimum absolute atomic E-state index is 0.259.